The van der Waals surface area contributed by atoms with Gasteiger partial charge in [-0.2, -0.15) is 0 Å². The quantitative estimate of drug-likeness (QED) is 0.814. The minimum Gasteiger partial charge on any atom is -0.464 e. The van der Waals surface area contributed by atoms with Gasteiger partial charge in [0.2, 0.25) is 5.91 Å². The predicted octanol–water partition coefficient (Wildman–Crippen LogP) is 1.92. The van der Waals surface area contributed by atoms with E-state index in [2.05, 4.69) is 5.32 Å². The van der Waals surface area contributed by atoms with Gasteiger partial charge in [-0.3, -0.25) is 4.79 Å². The van der Waals surface area contributed by atoms with Crippen molar-refractivity contribution in [2.45, 2.75) is 44.7 Å². The Hall–Kier alpha value is -1.88. The summed E-state index contributed by atoms with van der Waals surface area (Å²) < 4.78 is 5.09. The molecule has 1 aliphatic rings. The van der Waals surface area contributed by atoms with Crippen molar-refractivity contribution in [2.24, 2.45) is 11.7 Å². The molecule has 0 radical (unpaired) electrons. The summed E-state index contributed by atoms with van der Waals surface area (Å²) in [5.41, 5.74) is 6.67. The van der Waals surface area contributed by atoms with Crippen LogP contribution in [-0.2, 0) is 14.3 Å². The largest absolute Gasteiger partial charge is 0.464 e. The molecule has 0 aromatic heterocycles. The van der Waals surface area contributed by atoms with E-state index in [1.165, 1.54) is 0 Å². The van der Waals surface area contributed by atoms with Crippen LogP contribution in [0, 0.1) is 5.92 Å². The third kappa shape index (κ3) is 4.31. The lowest BCUT2D eigenvalue weighted by molar-refractivity contribution is -0.148. The Kier molecular flexibility index (Phi) is 5.95. The van der Waals surface area contributed by atoms with Crippen LogP contribution in [0.3, 0.4) is 0 Å². The molecule has 1 saturated carbocycles. The second-order valence-electron chi connectivity index (χ2n) is 5.73. The zero-order valence-electron chi connectivity index (χ0n) is 13.0. The van der Waals surface area contributed by atoms with Crippen molar-refractivity contribution < 1.29 is 14.3 Å². The smallest absolute Gasteiger partial charge is 0.333 e. The first-order valence-electron chi connectivity index (χ1n) is 7.89. The average molecular weight is 304 g/mol. The van der Waals surface area contributed by atoms with Crippen LogP contribution in [0.25, 0.3) is 0 Å². The first kappa shape index (κ1) is 16.5. The van der Waals surface area contributed by atoms with Crippen LogP contribution in [0.5, 0.6) is 0 Å². The lowest BCUT2D eigenvalue weighted by atomic mass is 9.85. The van der Waals surface area contributed by atoms with E-state index in [4.69, 9.17) is 10.5 Å². The predicted molar refractivity (Wildman–Crippen MR) is 83.9 cm³/mol. The Labute approximate surface area is 131 Å². The Morgan fingerprint density at radius 3 is 2.68 bits per heavy atom. The highest BCUT2D eigenvalue weighted by Crippen LogP contribution is 2.24. The number of ether oxygens (including phenoxy) is 1. The van der Waals surface area contributed by atoms with Crippen LogP contribution >= 0.6 is 0 Å². The maximum Gasteiger partial charge on any atom is 0.333 e. The van der Waals surface area contributed by atoms with Crippen molar-refractivity contribution in [3.8, 4) is 0 Å². The molecule has 0 aliphatic heterocycles. The van der Waals surface area contributed by atoms with Gasteiger partial charge in [0.1, 0.15) is 0 Å². The maximum absolute atomic E-state index is 12.5. The molecule has 0 heterocycles. The summed E-state index contributed by atoms with van der Waals surface area (Å²) in [7, 11) is 0. The summed E-state index contributed by atoms with van der Waals surface area (Å²) in [4.78, 5) is 24.6. The van der Waals surface area contributed by atoms with Gasteiger partial charge in [-0.05, 0) is 31.7 Å². The average Bonchev–Trinajstić information content (AvgIpc) is 2.53. The molecule has 1 aromatic carbocycles. The number of carbonyl (C=O) groups is 2. The zero-order valence-corrected chi connectivity index (χ0v) is 13.0. The van der Waals surface area contributed by atoms with Crippen LogP contribution in [0.2, 0.25) is 0 Å². The molecule has 0 saturated heterocycles. The summed E-state index contributed by atoms with van der Waals surface area (Å²) in [6.45, 7) is 2.04. The lowest BCUT2D eigenvalue weighted by Crippen LogP contribution is -2.41. The fourth-order valence-electron chi connectivity index (χ4n) is 2.88. The summed E-state index contributed by atoms with van der Waals surface area (Å²) in [5.74, 6) is -0.663. The standard InChI is InChI=1S/C17H24N2O3/c1-2-22-17(21)15(12-7-4-3-5-8-12)19-16(20)13-9-6-10-14(18)11-13/h3-5,7-8,13-15H,2,6,9-11,18H2,1H3,(H,19,20)/t13?,14?,15-/m1/s1. The molecule has 2 rings (SSSR count). The van der Waals surface area contributed by atoms with Crippen LogP contribution in [0.1, 0.15) is 44.2 Å². The number of benzene rings is 1. The maximum atomic E-state index is 12.5. The van der Waals surface area contributed by atoms with E-state index < -0.39 is 12.0 Å². The van der Waals surface area contributed by atoms with E-state index in [1.54, 1.807) is 6.92 Å². The first-order valence-corrected chi connectivity index (χ1v) is 7.89. The Balaban J connectivity index is 2.09. The topological polar surface area (TPSA) is 81.4 Å². The van der Waals surface area contributed by atoms with E-state index in [0.29, 0.717) is 6.42 Å². The molecule has 120 valence electrons. The summed E-state index contributed by atoms with van der Waals surface area (Å²) in [6, 6.07) is 8.49. The van der Waals surface area contributed by atoms with E-state index in [-0.39, 0.29) is 24.5 Å². The molecule has 0 bridgehead atoms. The SMILES string of the molecule is CCOC(=O)[C@H](NC(=O)C1CCCC(N)C1)c1ccccc1. The molecule has 1 aliphatic carbocycles. The van der Waals surface area contributed by atoms with Crippen molar-refractivity contribution >= 4 is 11.9 Å². The van der Waals surface area contributed by atoms with Gasteiger partial charge in [0.15, 0.2) is 6.04 Å². The van der Waals surface area contributed by atoms with Crippen molar-refractivity contribution in [2.75, 3.05) is 6.61 Å². The second-order valence-corrected chi connectivity index (χ2v) is 5.73. The molecule has 1 fully saturated rings. The van der Waals surface area contributed by atoms with Crippen LogP contribution in [-0.4, -0.2) is 24.5 Å². The number of carbonyl (C=O) groups excluding carboxylic acids is 2. The summed E-state index contributed by atoms with van der Waals surface area (Å²) >= 11 is 0. The highest BCUT2D eigenvalue weighted by Gasteiger charge is 2.30. The fourth-order valence-corrected chi connectivity index (χ4v) is 2.88. The summed E-state index contributed by atoms with van der Waals surface area (Å²) in [5, 5.41) is 2.84. The van der Waals surface area contributed by atoms with Gasteiger partial charge in [-0.15, -0.1) is 0 Å². The number of nitrogens with two attached hydrogens (primary N) is 1. The minimum absolute atomic E-state index is 0.0715. The monoisotopic (exact) mass is 304 g/mol. The van der Waals surface area contributed by atoms with Gasteiger partial charge >= 0.3 is 5.97 Å². The van der Waals surface area contributed by atoms with Crippen molar-refractivity contribution in [3.63, 3.8) is 0 Å². The van der Waals surface area contributed by atoms with Crippen LogP contribution < -0.4 is 11.1 Å². The third-order valence-corrected chi connectivity index (χ3v) is 4.03. The normalized spacial score (nSPS) is 22.6. The highest BCUT2D eigenvalue weighted by molar-refractivity contribution is 5.86. The third-order valence-electron chi connectivity index (χ3n) is 4.03. The van der Waals surface area contributed by atoms with Crippen molar-refractivity contribution in [1.29, 1.82) is 0 Å². The number of amides is 1. The van der Waals surface area contributed by atoms with Gasteiger partial charge in [0.25, 0.3) is 0 Å². The summed E-state index contributed by atoms with van der Waals surface area (Å²) in [6.07, 6.45) is 3.42. The lowest BCUT2D eigenvalue weighted by Gasteiger charge is -2.27. The Morgan fingerprint density at radius 1 is 1.32 bits per heavy atom. The Bertz CT molecular complexity index is 504. The Morgan fingerprint density at radius 2 is 2.05 bits per heavy atom. The van der Waals surface area contributed by atoms with Gasteiger partial charge in [0.05, 0.1) is 6.61 Å². The number of esters is 1. The number of hydrogen-bond acceptors (Lipinski definition) is 4. The van der Waals surface area contributed by atoms with E-state index in [0.717, 1.165) is 24.8 Å². The molecule has 2 unspecified atom stereocenters. The molecule has 5 nitrogen and oxygen atoms in total. The number of rotatable bonds is 5. The molecule has 0 spiro atoms. The molecule has 3 N–H and O–H groups in total. The van der Waals surface area contributed by atoms with Gasteiger partial charge in [0, 0.05) is 12.0 Å². The van der Waals surface area contributed by atoms with Gasteiger partial charge in [-0.1, -0.05) is 36.8 Å². The van der Waals surface area contributed by atoms with Gasteiger partial charge < -0.3 is 15.8 Å². The molecular formula is C17H24N2O3. The molecule has 1 aromatic rings. The van der Waals surface area contributed by atoms with Crippen LogP contribution in [0.4, 0.5) is 0 Å². The first-order chi connectivity index (χ1) is 10.6. The van der Waals surface area contributed by atoms with Gasteiger partial charge in [-0.25, -0.2) is 4.79 Å². The highest BCUT2D eigenvalue weighted by atomic mass is 16.5. The van der Waals surface area contributed by atoms with E-state index in [9.17, 15) is 9.59 Å². The van der Waals surface area contributed by atoms with Crippen molar-refractivity contribution in [3.05, 3.63) is 35.9 Å². The molecule has 1 amide bonds. The minimum atomic E-state index is -0.758. The second kappa shape index (κ2) is 7.94. The molecule has 5 heteroatoms. The number of hydrogen-bond donors (Lipinski definition) is 2. The zero-order chi connectivity index (χ0) is 15.9. The van der Waals surface area contributed by atoms with E-state index in [1.807, 2.05) is 30.3 Å². The molecule has 22 heavy (non-hydrogen) atoms. The van der Waals surface area contributed by atoms with Crippen LogP contribution in [0.15, 0.2) is 30.3 Å². The molecular weight excluding hydrogens is 280 g/mol. The number of nitrogens with one attached hydrogen (secondary N) is 1. The van der Waals surface area contributed by atoms with Crippen molar-refractivity contribution in [1.82, 2.24) is 5.32 Å². The fraction of sp³-hybridized carbons (Fsp3) is 0.529. The molecule has 3 atom stereocenters. The van der Waals surface area contributed by atoms with E-state index >= 15 is 0 Å².